The van der Waals surface area contributed by atoms with Crippen molar-refractivity contribution in [1.29, 1.82) is 0 Å². The summed E-state index contributed by atoms with van der Waals surface area (Å²) < 4.78 is 12.6. The van der Waals surface area contributed by atoms with Crippen molar-refractivity contribution in [2.75, 3.05) is 20.8 Å². The summed E-state index contributed by atoms with van der Waals surface area (Å²) in [4.78, 5) is 26.6. The van der Waals surface area contributed by atoms with E-state index in [1.165, 1.54) is 7.11 Å². The molecule has 1 aromatic carbocycles. The zero-order valence-electron chi connectivity index (χ0n) is 16.3. The number of hydrogen-bond acceptors (Lipinski definition) is 4. The van der Waals surface area contributed by atoms with Crippen LogP contribution < -0.4 is 9.47 Å². The molecule has 1 aliphatic heterocycles. The molecule has 1 unspecified atom stereocenters. The molecular weight excluding hydrogens is 372 g/mol. The Morgan fingerprint density at radius 3 is 2.59 bits per heavy atom. The number of ether oxygens (including phenoxy) is 2. The number of fused-ring (bicyclic) bond motifs is 2. The lowest BCUT2D eigenvalue weighted by Crippen LogP contribution is -2.41. The fraction of sp³-hybridized carbons (Fsp3) is 0.273. The SMILES string of the molecule is COc1cc2c(cc1OC)C(CC(=O)O)N(C(=O)c1cc3ccccn3c1)CC2. The predicted octanol–water partition coefficient (Wildman–Crippen LogP) is 3.17. The minimum absolute atomic E-state index is 0.179. The maximum absolute atomic E-state index is 13.3. The molecule has 2 aromatic heterocycles. The molecule has 7 nitrogen and oxygen atoms in total. The van der Waals surface area contributed by atoms with Crippen LogP contribution in [-0.2, 0) is 11.2 Å². The van der Waals surface area contributed by atoms with E-state index in [1.807, 2.05) is 40.9 Å². The number of methoxy groups -OCH3 is 2. The second-order valence-electron chi connectivity index (χ2n) is 7.03. The molecule has 7 heteroatoms. The molecule has 1 atom stereocenters. The van der Waals surface area contributed by atoms with E-state index in [2.05, 4.69) is 0 Å². The number of carboxylic acids is 1. The van der Waals surface area contributed by atoms with Gasteiger partial charge in [-0.25, -0.2) is 0 Å². The summed E-state index contributed by atoms with van der Waals surface area (Å²) in [6, 6.07) is 10.6. The van der Waals surface area contributed by atoms with E-state index in [1.54, 1.807) is 24.3 Å². The molecule has 3 heterocycles. The second kappa shape index (κ2) is 7.50. The molecular formula is C22H22N2O5. The normalized spacial score (nSPS) is 15.8. The van der Waals surface area contributed by atoms with Gasteiger partial charge < -0.3 is 23.9 Å². The topological polar surface area (TPSA) is 80.5 Å². The minimum atomic E-state index is -0.961. The molecule has 0 radical (unpaired) electrons. The van der Waals surface area contributed by atoms with Crippen LogP contribution in [0.3, 0.4) is 0 Å². The third kappa shape index (κ3) is 3.40. The maximum Gasteiger partial charge on any atom is 0.305 e. The van der Waals surface area contributed by atoms with Crippen LogP contribution in [0.5, 0.6) is 11.5 Å². The van der Waals surface area contributed by atoms with E-state index in [0.717, 1.165) is 16.6 Å². The molecule has 0 aliphatic carbocycles. The van der Waals surface area contributed by atoms with Crippen molar-refractivity contribution in [3.8, 4) is 11.5 Å². The fourth-order valence-electron chi connectivity index (χ4n) is 3.99. The zero-order valence-corrected chi connectivity index (χ0v) is 16.3. The summed E-state index contributed by atoms with van der Waals surface area (Å²) in [6.07, 6.45) is 4.09. The van der Waals surface area contributed by atoms with E-state index < -0.39 is 12.0 Å². The molecule has 1 N–H and O–H groups in total. The van der Waals surface area contributed by atoms with Crippen molar-refractivity contribution in [2.24, 2.45) is 0 Å². The molecule has 4 rings (SSSR count). The molecule has 29 heavy (non-hydrogen) atoms. The smallest absolute Gasteiger partial charge is 0.305 e. The van der Waals surface area contributed by atoms with E-state index in [-0.39, 0.29) is 12.3 Å². The molecule has 1 amide bonds. The summed E-state index contributed by atoms with van der Waals surface area (Å²) in [5.74, 6) is -0.0257. The van der Waals surface area contributed by atoms with Crippen molar-refractivity contribution in [1.82, 2.24) is 9.30 Å². The Kier molecular flexibility index (Phi) is 4.88. The van der Waals surface area contributed by atoms with Gasteiger partial charge in [0.15, 0.2) is 11.5 Å². The zero-order chi connectivity index (χ0) is 20.5. The Hall–Kier alpha value is -3.48. The van der Waals surface area contributed by atoms with Crippen LogP contribution in [0.1, 0.15) is 33.9 Å². The number of benzene rings is 1. The Bertz CT molecular complexity index is 1050. The van der Waals surface area contributed by atoms with Gasteiger partial charge in [0, 0.05) is 24.5 Å². The predicted molar refractivity (Wildman–Crippen MR) is 107 cm³/mol. The van der Waals surface area contributed by atoms with Gasteiger partial charge in [-0.3, -0.25) is 9.59 Å². The van der Waals surface area contributed by atoms with E-state index in [9.17, 15) is 14.7 Å². The monoisotopic (exact) mass is 394 g/mol. The van der Waals surface area contributed by atoms with Crippen LogP contribution >= 0.6 is 0 Å². The number of aliphatic carboxylic acids is 1. The van der Waals surface area contributed by atoms with Crippen LogP contribution in [0.2, 0.25) is 0 Å². The highest BCUT2D eigenvalue weighted by Gasteiger charge is 2.34. The fourth-order valence-corrected chi connectivity index (χ4v) is 3.99. The molecule has 0 spiro atoms. The molecule has 1 aliphatic rings. The van der Waals surface area contributed by atoms with Crippen molar-refractivity contribution in [3.63, 3.8) is 0 Å². The van der Waals surface area contributed by atoms with Gasteiger partial charge in [0.2, 0.25) is 0 Å². The third-order valence-electron chi connectivity index (χ3n) is 5.38. The highest BCUT2D eigenvalue weighted by Crippen LogP contribution is 2.40. The first-order valence-corrected chi connectivity index (χ1v) is 9.36. The standard InChI is InChI=1S/C22H22N2O5/c1-28-19-10-14-6-8-24(18(12-21(25)26)17(14)11-20(19)29-2)22(27)15-9-16-5-3-4-7-23(16)13-15/h3-5,7,9-11,13,18H,6,8,12H2,1-2H3,(H,25,26). The lowest BCUT2D eigenvalue weighted by molar-refractivity contribution is -0.138. The third-order valence-corrected chi connectivity index (χ3v) is 5.38. The van der Waals surface area contributed by atoms with Crippen LogP contribution in [0, 0.1) is 0 Å². The Balaban J connectivity index is 1.75. The molecule has 150 valence electrons. The second-order valence-corrected chi connectivity index (χ2v) is 7.03. The van der Waals surface area contributed by atoms with Crippen molar-refractivity contribution in [2.45, 2.75) is 18.9 Å². The van der Waals surface area contributed by atoms with Gasteiger partial charge in [0.25, 0.3) is 5.91 Å². The summed E-state index contributed by atoms with van der Waals surface area (Å²) in [5.41, 5.74) is 3.21. The van der Waals surface area contributed by atoms with Crippen LogP contribution in [0.15, 0.2) is 48.8 Å². The first kappa shape index (κ1) is 18.9. The Morgan fingerprint density at radius 1 is 1.14 bits per heavy atom. The number of hydrogen-bond donors (Lipinski definition) is 1. The van der Waals surface area contributed by atoms with Crippen molar-refractivity contribution < 1.29 is 24.2 Å². The molecule has 3 aromatic rings. The summed E-state index contributed by atoms with van der Waals surface area (Å²) >= 11 is 0. The number of rotatable bonds is 5. The Morgan fingerprint density at radius 2 is 1.90 bits per heavy atom. The number of carbonyl (C=O) groups is 2. The highest BCUT2D eigenvalue weighted by molar-refractivity contribution is 5.96. The van der Waals surface area contributed by atoms with Gasteiger partial charge in [0.1, 0.15) is 0 Å². The highest BCUT2D eigenvalue weighted by atomic mass is 16.5. The summed E-state index contributed by atoms with van der Waals surface area (Å²) in [6.45, 7) is 0.436. The van der Waals surface area contributed by atoms with E-state index >= 15 is 0 Å². The number of carboxylic acid groups (broad SMARTS) is 1. The molecule has 0 saturated heterocycles. The number of carbonyl (C=O) groups excluding carboxylic acids is 1. The number of aromatic nitrogens is 1. The summed E-state index contributed by atoms with van der Waals surface area (Å²) in [7, 11) is 3.10. The van der Waals surface area contributed by atoms with Crippen LogP contribution in [0.25, 0.3) is 5.52 Å². The van der Waals surface area contributed by atoms with Crippen molar-refractivity contribution >= 4 is 17.4 Å². The van der Waals surface area contributed by atoms with Gasteiger partial charge >= 0.3 is 5.97 Å². The lowest BCUT2D eigenvalue weighted by atomic mass is 9.89. The lowest BCUT2D eigenvalue weighted by Gasteiger charge is -2.37. The van der Waals surface area contributed by atoms with Gasteiger partial charge in [-0.05, 0) is 47.9 Å². The number of nitrogens with zero attached hydrogens (tertiary/aromatic N) is 2. The quantitative estimate of drug-likeness (QED) is 0.719. The van der Waals surface area contributed by atoms with E-state index in [0.29, 0.717) is 30.0 Å². The van der Waals surface area contributed by atoms with Crippen LogP contribution in [-0.4, -0.2) is 47.0 Å². The summed E-state index contributed by atoms with van der Waals surface area (Å²) in [5, 5.41) is 9.51. The van der Waals surface area contributed by atoms with Crippen LogP contribution in [0.4, 0.5) is 0 Å². The van der Waals surface area contributed by atoms with Gasteiger partial charge in [0.05, 0.1) is 32.2 Å². The number of pyridine rings is 1. The van der Waals surface area contributed by atoms with Gasteiger partial charge in [-0.15, -0.1) is 0 Å². The Labute approximate surface area is 168 Å². The molecule has 0 fully saturated rings. The maximum atomic E-state index is 13.3. The van der Waals surface area contributed by atoms with Gasteiger partial charge in [-0.1, -0.05) is 6.07 Å². The molecule has 0 bridgehead atoms. The average molecular weight is 394 g/mol. The molecule has 0 saturated carbocycles. The van der Waals surface area contributed by atoms with Gasteiger partial charge in [-0.2, -0.15) is 0 Å². The first-order chi connectivity index (χ1) is 14.0. The first-order valence-electron chi connectivity index (χ1n) is 9.36. The largest absolute Gasteiger partial charge is 0.493 e. The van der Waals surface area contributed by atoms with E-state index in [4.69, 9.17) is 9.47 Å². The number of amides is 1. The average Bonchev–Trinajstić information content (AvgIpc) is 3.16. The van der Waals surface area contributed by atoms with Crippen molar-refractivity contribution in [3.05, 3.63) is 65.5 Å². The minimum Gasteiger partial charge on any atom is -0.493 e.